The van der Waals surface area contributed by atoms with Gasteiger partial charge in [-0.3, -0.25) is 0 Å². The van der Waals surface area contributed by atoms with Crippen molar-refractivity contribution in [2.45, 2.75) is 49.5 Å². The van der Waals surface area contributed by atoms with Crippen molar-refractivity contribution in [1.82, 2.24) is 5.32 Å². The highest BCUT2D eigenvalue weighted by Crippen LogP contribution is 2.52. The molecule has 1 amide bonds. The van der Waals surface area contributed by atoms with Crippen molar-refractivity contribution in [2.75, 3.05) is 11.5 Å². The number of nitrogens with one attached hydrogen (secondary N) is 1. The Hall–Kier alpha value is -1.64. The van der Waals surface area contributed by atoms with Crippen molar-refractivity contribution in [1.29, 1.82) is 0 Å². The zero-order chi connectivity index (χ0) is 21.6. The lowest BCUT2D eigenvalue weighted by atomic mass is 10.1. The third-order valence-electron chi connectivity index (χ3n) is 4.29. The number of carbonyl (C=O) groups is 2. The summed E-state index contributed by atoms with van der Waals surface area (Å²) < 4.78 is 10.3. The molecule has 2 heterocycles. The Morgan fingerprint density at radius 1 is 1.10 bits per heavy atom. The summed E-state index contributed by atoms with van der Waals surface area (Å²) in [6.45, 7) is 5.66. The Morgan fingerprint density at radius 3 is 2.40 bits per heavy atom. The van der Waals surface area contributed by atoms with Crippen LogP contribution in [0.15, 0.2) is 47.8 Å². The molecule has 1 aromatic carbocycles. The fraction of sp³-hybridized carbons (Fsp3) is 0.455. The van der Waals surface area contributed by atoms with E-state index in [2.05, 4.69) is 5.32 Å². The van der Waals surface area contributed by atoms with Crippen LogP contribution in [0.3, 0.4) is 0 Å². The molecule has 0 radical (unpaired) electrons. The van der Waals surface area contributed by atoms with Crippen molar-refractivity contribution in [2.24, 2.45) is 0 Å². The molecule has 5 nitrogen and oxygen atoms in total. The predicted octanol–water partition coefficient (Wildman–Crippen LogP) is 5.62. The first-order valence-electron chi connectivity index (χ1n) is 9.82. The van der Waals surface area contributed by atoms with E-state index in [1.165, 1.54) is 11.3 Å². The SMILES string of the molecule is CC(C)(C)OC(=O)N[C@@H](c1cccs1)C1(C(=O)OCc2ccccc2)SCCCS1. The summed E-state index contributed by atoms with van der Waals surface area (Å²) in [5.41, 5.74) is 0.303. The number of alkyl carbamates (subject to hydrolysis) is 1. The zero-order valence-electron chi connectivity index (χ0n) is 17.4. The van der Waals surface area contributed by atoms with Gasteiger partial charge in [-0.1, -0.05) is 36.4 Å². The lowest BCUT2D eigenvalue weighted by Crippen LogP contribution is -2.50. The van der Waals surface area contributed by atoms with Crippen LogP contribution in [0.2, 0.25) is 0 Å². The van der Waals surface area contributed by atoms with Gasteiger partial charge < -0.3 is 14.8 Å². The summed E-state index contributed by atoms with van der Waals surface area (Å²) >= 11 is 4.60. The maximum atomic E-state index is 13.4. The van der Waals surface area contributed by atoms with E-state index in [1.54, 1.807) is 23.5 Å². The number of thiophene rings is 1. The highest BCUT2D eigenvalue weighted by molar-refractivity contribution is 8.20. The Balaban J connectivity index is 1.86. The molecule has 1 aliphatic heterocycles. The van der Waals surface area contributed by atoms with Crippen molar-refractivity contribution in [3.8, 4) is 0 Å². The van der Waals surface area contributed by atoms with Gasteiger partial charge in [0.15, 0.2) is 4.08 Å². The van der Waals surface area contributed by atoms with Crippen LogP contribution in [0.1, 0.15) is 43.7 Å². The van der Waals surface area contributed by atoms with E-state index < -0.39 is 21.8 Å². The van der Waals surface area contributed by atoms with Crippen molar-refractivity contribution in [3.63, 3.8) is 0 Å². The van der Waals surface area contributed by atoms with Crippen molar-refractivity contribution >= 4 is 46.9 Å². The zero-order valence-corrected chi connectivity index (χ0v) is 19.8. The number of carbonyl (C=O) groups excluding carboxylic acids is 2. The summed E-state index contributed by atoms with van der Waals surface area (Å²) in [5, 5.41) is 4.92. The van der Waals surface area contributed by atoms with E-state index in [0.29, 0.717) is 0 Å². The Bertz CT molecular complexity index is 828. The standard InChI is InChI=1S/C22H27NO4S3/c1-21(2,3)27-20(25)23-18(17-11-7-12-28-17)22(29-13-8-14-30-22)19(24)26-15-16-9-5-4-6-10-16/h4-7,9-12,18H,8,13-15H2,1-3H3,(H,23,25)/t18-/m0/s1. The van der Waals surface area contributed by atoms with Gasteiger partial charge in [0.2, 0.25) is 0 Å². The number of esters is 1. The van der Waals surface area contributed by atoms with Gasteiger partial charge in [-0.05, 0) is 55.7 Å². The molecule has 0 saturated carbocycles. The maximum Gasteiger partial charge on any atom is 0.408 e. The Labute approximate surface area is 190 Å². The first-order chi connectivity index (χ1) is 14.3. The van der Waals surface area contributed by atoms with Crippen LogP contribution in [0.5, 0.6) is 0 Å². The quantitative estimate of drug-likeness (QED) is 0.558. The molecule has 1 saturated heterocycles. The number of ether oxygens (including phenoxy) is 2. The first kappa shape index (κ1) is 23.0. The highest BCUT2D eigenvalue weighted by atomic mass is 32.2. The van der Waals surface area contributed by atoms with Gasteiger partial charge in [0.05, 0.1) is 0 Å². The molecule has 0 bridgehead atoms. The Morgan fingerprint density at radius 2 is 1.80 bits per heavy atom. The molecule has 1 aromatic heterocycles. The molecular formula is C22H27NO4S3. The molecule has 0 aliphatic carbocycles. The van der Waals surface area contributed by atoms with Crippen molar-refractivity contribution in [3.05, 3.63) is 58.3 Å². The van der Waals surface area contributed by atoms with Crippen LogP contribution in [0.4, 0.5) is 4.79 Å². The number of hydrogen-bond acceptors (Lipinski definition) is 7. The second-order valence-electron chi connectivity index (χ2n) is 7.87. The number of amides is 1. The average Bonchev–Trinajstić information content (AvgIpc) is 3.24. The van der Waals surface area contributed by atoms with Gasteiger partial charge in [-0.2, -0.15) is 0 Å². The summed E-state index contributed by atoms with van der Waals surface area (Å²) in [4.78, 5) is 27.0. The number of hydrogen-bond donors (Lipinski definition) is 1. The summed E-state index contributed by atoms with van der Waals surface area (Å²) in [5.74, 6) is 1.33. The molecule has 2 aromatic rings. The smallest absolute Gasteiger partial charge is 0.408 e. The van der Waals surface area contributed by atoms with Gasteiger partial charge >= 0.3 is 12.1 Å². The van der Waals surface area contributed by atoms with Crippen LogP contribution >= 0.6 is 34.9 Å². The number of thioether (sulfide) groups is 2. The maximum absolute atomic E-state index is 13.4. The lowest BCUT2D eigenvalue weighted by molar-refractivity contribution is -0.146. The molecule has 0 spiro atoms. The molecule has 1 atom stereocenters. The van der Waals surface area contributed by atoms with Gasteiger partial charge in [-0.25, -0.2) is 9.59 Å². The fourth-order valence-electron chi connectivity index (χ4n) is 3.01. The van der Waals surface area contributed by atoms with Crippen molar-refractivity contribution < 1.29 is 19.1 Å². The third kappa shape index (κ3) is 5.95. The second kappa shape index (κ2) is 10.1. The van der Waals surface area contributed by atoms with Gasteiger partial charge in [0, 0.05) is 4.88 Å². The summed E-state index contributed by atoms with van der Waals surface area (Å²) in [6, 6.07) is 12.9. The molecular weight excluding hydrogens is 438 g/mol. The topological polar surface area (TPSA) is 64.6 Å². The number of benzene rings is 1. The Kier molecular flexibility index (Phi) is 7.76. The molecule has 1 N–H and O–H groups in total. The monoisotopic (exact) mass is 465 g/mol. The largest absolute Gasteiger partial charge is 0.459 e. The van der Waals surface area contributed by atoms with Crippen LogP contribution in [-0.2, 0) is 20.9 Å². The van der Waals surface area contributed by atoms with Gasteiger partial charge in [0.1, 0.15) is 18.2 Å². The predicted molar refractivity (Wildman–Crippen MR) is 125 cm³/mol. The van der Waals surface area contributed by atoms with Gasteiger partial charge in [-0.15, -0.1) is 34.9 Å². The van der Waals surface area contributed by atoms with Gasteiger partial charge in [0.25, 0.3) is 0 Å². The molecule has 1 aliphatic rings. The van der Waals surface area contributed by atoms with E-state index in [0.717, 1.165) is 28.4 Å². The van der Waals surface area contributed by atoms with E-state index in [9.17, 15) is 9.59 Å². The molecule has 30 heavy (non-hydrogen) atoms. The molecule has 8 heteroatoms. The minimum absolute atomic E-state index is 0.201. The minimum atomic E-state index is -0.964. The lowest BCUT2D eigenvalue weighted by Gasteiger charge is -2.39. The first-order valence-corrected chi connectivity index (χ1v) is 12.7. The summed E-state index contributed by atoms with van der Waals surface area (Å²) in [6.07, 6.45) is 0.468. The van der Waals surface area contributed by atoms with E-state index in [4.69, 9.17) is 9.47 Å². The average molecular weight is 466 g/mol. The van der Waals surface area contributed by atoms with E-state index in [1.807, 2.05) is 68.6 Å². The highest BCUT2D eigenvalue weighted by Gasteiger charge is 2.52. The van der Waals surface area contributed by atoms with Crippen LogP contribution < -0.4 is 5.32 Å². The second-order valence-corrected chi connectivity index (χ2v) is 11.8. The normalized spacial score (nSPS) is 17.0. The molecule has 0 unspecified atom stereocenters. The number of rotatable bonds is 6. The minimum Gasteiger partial charge on any atom is -0.459 e. The van der Waals surface area contributed by atoms with Crippen LogP contribution in [0, 0.1) is 0 Å². The van der Waals surface area contributed by atoms with E-state index >= 15 is 0 Å². The molecule has 1 fully saturated rings. The van der Waals surface area contributed by atoms with Crippen LogP contribution in [-0.4, -0.2) is 33.2 Å². The summed E-state index contributed by atoms with van der Waals surface area (Å²) in [7, 11) is 0. The third-order valence-corrected chi connectivity index (χ3v) is 8.58. The van der Waals surface area contributed by atoms with E-state index in [-0.39, 0.29) is 12.6 Å². The molecule has 3 rings (SSSR count). The fourth-order valence-corrected chi connectivity index (χ4v) is 7.26. The van der Waals surface area contributed by atoms with Crippen LogP contribution in [0.25, 0.3) is 0 Å². The molecule has 162 valence electrons.